The highest BCUT2D eigenvalue weighted by atomic mass is 127. The normalized spacial score (nSPS) is 12.3. The lowest BCUT2D eigenvalue weighted by atomic mass is 10.3. The second kappa shape index (κ2) is 14.9. The SMILES string of the molecule is CCN(CC)CCCNC(=NC)NCC(C)Oc1cccc(OC)c1.I. The molecule has 1 atom stereocenters. The van der Waals surface area contributed by atoms with Crippen molar-refractivity contribution in [3.63, 3.8) is 0 Å². The van der Waals surface area contributed by atoms with Crippen LogP contribution in [-0.2, 0) is 0 Å². The summed E-state index contributed by atoms with van der Waals surface area (Å²) in [5.41, 5.74) is 0. The Hall–Kier alpha value is -1.22. The first kappa shape index (κ1) is 24.8. The van der Waals surface area contributed by atoms with E-state index < -0.39 is 0 Å². The molecule has 0 bridgehead atoms. The lowest BCUT2D eigenvalue weighted by molar-refractivity contribution is 0.223. The number of aliphatic imine (C=N–C) groups is 1. The Morgan fingerprint density at radius 3 is 2.50 bits per heavy atom. The molecule has 1 aromatic rings. The van der Waals surface area contributed by atoms with E-state index in [4.69, 9.17) is 9.47 Å². The van der Waals surface area contributed by atoms with E-state index in [0.29, 0.717) is 6.54 Å². The fraction of sp³-hybridized carbons (Fsp3) is 0.632. The molecule has 0 aliphatic heterocycles. The van der Waals surface area contributed by atoms with Crippen molar-refractivity contribution in [1.82, 2.24) is 15.5 Å². The average Bonchev–Trinajstić information content (AvgIpc) is 2.64. The van der Waals surface area contributed by atoms with Crippen LogP contribution in [0.1, 0.15) is 27.2 Å². The maximum absolute atomic E-state index is 5.91. The van der Waals surface area contributed by atoms with Crippen LogP contribution in [0.4, 0.5) is 0 Å². The number of rotatable bonds is 11. The molecule has 26 heavy (non-hydrogen) atoms. The number of benzene rings is 1. The van der Waals surface area contributed by atoms with E-state index in [1.807, 2.05) is 31.2 Å². The molecule has 0 fully saturated rings. The zero-order valence-corrected chi connectivity index (χ0v) is 19.1. The van der Waals surface area contributed by atoms with E-state index in [0.717, 1.165) is 50.1 Å². The molecule has 0 aliphatic carbocycles. The number of halogens is 1. The summed E-state index contributed by atoms with van der Waals surface area (Å²) < 4.78 is 11.1. The molecule has 1 unspecified atom stereocenters. The lowest BCUT2D eigenvalue weighted by Gasteiger charge is -2.20. The van der Waals surface area contributed by atoms with E-state index in [-0.39, 0.29) is 30.1 Å². The van der Waals surface area contributed by atoms with Crippen molar-refractivity contribution in [2.75, 3.05) is 46.9 Å². The number of hydrogen-bond donors (Lipinski definition) is 2. The number of nitrogens with one attached hydrogen (secondary N) is 2. The van der Waals surface area contributed by atoms with Gasteiger partial charge in [-0.15, -0.1) is 24.0 Å². The number of methoxy groups -OCH3 is 1. The van der Waals surface area contributed by atoms with Crippen LogP contribution in [0.2, 0.25) is 0 Å². The lowest BCUT2D eigenvalue weighted by Crippen LogP contribution is -2.42. The molecule has 0 saturated carbocycles. The van der Waals surface area contributed by atoms with Gasteiger partial charge in [-0.1, -0.05) is 19.9 Å². The fourth-order valence-corrected chi connectivity index (χ4v) is 2.46. The molecule has 0 aromatic heterocycles. The molecule has 0 heterocycles. The fourth-order valence-electron chi connectivity index (χ4n) is 2.46. The molecular formula is C19H35IN4O2. The van der Waals surface area contributed by atoms with Crippen LogP contribution in [0.25, 0.3) is 0 Å². The van der Waals surface area contributed by atoms with Gasteiger partial charge in [-0.25, -0.2) is 0 Å². The Labute approximate surface area is 175 Å². The third-order valence-corrected chi connectivity index (χ3v) is 4.00. The Morgan fingerprint density at radius 2 is 1.88 bits per heavy atom. The second-order valence-corrected chi connectivity index (χ2v) is 5.87. The van der Waals surface area contributed by atoms with Gasteiger partial charge >= 0.3 is 0 Å². The quantitative estimate of drug-likeness (QED) is 0.222. The minimum absolute atomic E-state index is 0. The van der Waals surface area contributed by atoms with E-state index in [1.165, 1.54) is 0 Å². The molecular weight excluding hydrogens is 443 g/mol. The highest BCUT2D eigenvalue weighted by molar-refractivity contribution is 14.0. The summed E-state index contributed by atoms with van der Waals surface area (Å²) in [4.78, 5) is 6.68. The molecule has 7 heteroatoms. The van der Waals surface area contributed by atoms with Gasteiger partial charge in [0.1, 0.15) is 17.6 Å². The van der Waals surface area contributed by atoms with Gasteiger partial charge in [-0.3, -0.25) is 4.99 Å². The van der Waals surface area contributed by atoms with Crippen LogP contribution in [0.15, 0.2) is 29.3 Å². The van der Waals surface area contributed by atoms with Crippen molar-refractivity contribution in [1.29, 1.82) is 0 Å². The first-order chi connectivity index (χ1) is 12.1. The molecule has 1 aromatic carbocycles. The third kappa shape index (κ3) is 10.1. The van der Waals surface area contributed by atoms with Crippen molar-refractivity contribution < 1.29 is 9.47 Å². The predicted octanol–water partition coefficient (Wildman–Crippen LogP) is 2.98. The first-order valence-corrected chi connectivity index (χ1v) is 9.10. The first-order valence-electron chi connectivity index (χ1n) is 9.10. The number of ether oxygens (including phenoxy) is 2. The van der Waals surface area contributed by atoms with Crippen molar-refractivity contribution in [2.45, 2.75) is 33.3 Å². The van der Waals surface area contributed by atoms with E-state index in [2.05, 4.69) is 34.4 Å². The largest absolute Gasteiger partial charge is 0.497 e. The van der Waals surface area contributed by atoms with Gasteiger partial charge in [0.2, 0.25) is 0 Å². The summed E-state index contributed by atoms with van der Waals surface area (Å²) >= 11 is 0. The number of guanidine groups is 1. The van der Waals surface area contributed by atoms with Gasteiger partial charge < -0.3 is 25.0 Å². The Kier molecular flexibility index (Phi) is 14.2. The predicted molar refractivity (Wildman–Crippen MR) is 120 cm³/mol. The maximum Gasteiger partial charge on any atom is 0.191 e. The Balaban J connectivity index is 0.00000625. The Morgan fingerprint density at radius 1 is 1.19 bits per heavy atom. The van der Waals surface area contributed by atoms with Gasteiger partial charge in [0.15, 0.2) is 5.96 Å². The number of nitrogens with zero attached hydrogens (tertiary/aromatic N) is 2. The van der Waals surface area contributed by atoms with Gasteiger partial charge in [0.25, 0.3) is 0 Å². The Bertz CT molecular complexity index is 510. The van der Waals surface area contributed by atoms with Crippen molar-refractivity contribution in [3.8, 4) is 11.5 Å². The third-order valence-electron chi connectivity index (χ3n) is 4.00. The second-order valence-electron chi connectivity index (χ2n) is 5.87. The standard InChI is InChI=1S/C19H34N4O2.HI/c1-6-23(7-2)13-9-12-21-19(20-4)22-15-16(3)25-18-11-8-10-17(14-18)24-5;/h8,10-11,14,16H,6-7,9,12-13,15H2,1-5H3,(H2,20,21,22);1H. The molecule has 150 valence electrons. The van der Waals surface area contributed by atoms with E-state index in [1.54, 1.807) is 14.2 Å². The van der Waals surface area contributed by atoms with E-state index >= 15 is 0 Å². The van der Waals surface area contributed by atoms with Crippen LogP contribution < -0.4 is 20.1 Å². The van der Waals surface area contributed by atoms with Gasteiger partial charge in [-0.05, 0) is 45.1 Å². The van der Waals surface area contributed by atoms with Gasteiger partial charge in [0.05, 0.1) is 13.7 Å². The van der Waals surface area contributed by atoms with Gasteiger partial charge in [-0.2, -0.15) is 0 Å². The minimum Gasteiger partial charge on any atom is -0.497 e. The zero-order chi connectivity index (χ0) is 18.5. The number of hydrogen-bond acceptors (Lipinski definition) is 4. The molecule has 1 rings (SSSR count). The summed E-state index contributed by atoms with van der Waals surface area (Å²) in [5, 5.41) is 6.65. The minimum atomic E-state index is 0. The maximum atomic E-state index is 5.91. The smallest absolute Gasteiger partial charge is 0.191 e. The monoisotopic (exact) mass is 478 g/mol. The van der Waals surface area contributed by atoms with Crippen molar-refractivity contribution >= 4 is 29.9 Å². The molecule has 0 aliphatic rings. The highest BCUT2D eigenvalue weighted by Crippen LogP contribution is 2.19. The molecule has 6 nitrogen and oxygen atoms in total. The van der Waals surface area contributed by atoms with Crippen molar-refractivity contribution in [2.24, 2.45) is 4.99 Å². The van der Waals surface area contributed by atoms with Crippen LogP contribution in [0, 0.1) is 0 Å². The summed E-state index contributed by atoms with van der Waals surface area (Å²) in [6, 6.07) is 7.64. The molecule has 0 spiro atoms. The average molecular weight is 478 g/mol. The molecule has 2 N–H and O–H groups in total. The molecule has 0 saturated heterocycles. The van der Waals surface area contributed by atoms with Crippen LogP contribution in [0.5, 0.6) is 11.5 Å². The van der Waals surface area contributed by atoms with E-state index in [9.17, 15) is 0 Å². The summed E-state index contributed by atoms with van der Waals surface area (Å²) in [7, 11) is 3.44. The van der Waals surface area contributed by atoms with Crippen LogP contribution in [0.3, 0.4) is 0 Å². The summed E-state index contributed by atoms with van der Waals surface area (Å²) in [6.45, 7) is 11.3. The summed E-state index contributed by atoms with van der Waals surface area (Å²) in [6.07, 6.45) is 1.11. The van der Waals surface area contributed by atoms with Crippen LogP contribution in [-0.4, -0.2) is 63.8 Å². The summed E-state index contributed by atoms with van der Waals surface area (Å²) in [5.74, 6) is 2.40. The van der Waals surface area contributed by atoms with Crippen LogP contribution >= 0.6 is 24.0 Å². The topological polar surface area (TPSA) is 58.1 Å². The highest BCUT2D eigenvalue weighted by Gasteiger charge is 2.07. The van der Waals surface area contributed by atoms with Gasteiger partial charge in [0, 0.05) is 19.7 Å². The van der Waals surface area contributed by atoms with Crippen molar-refractivity contribution in [3.05, 3.63) is 24.3 Å². The zero-order valence-electron chi connectivity index (χ0n) is 16.7. The molecule has 0 radical (unpaired) electrons. The molecule has 0 amide bonds.